The lowest BCUT2D eigenvalue weighted by Crippen LogP contribution is -2.52. The molecule has 1 fully saturated rings. The molecular formula is C16H23NO3. The van der Waals surface area contributed by atoms with Crippen molar-refractivity contribution in [1.29, 1.82) is 0 Å². The first-order valence-corrected chi connectivity index (χ1v) is 7.35. The maximum Gasteiger partial charge on any atom is 0.119 e. The Morgan fingerprint density at radius 1 is 1.45 bits per heavy atom. The maximum atomic E-state index is 9.49. The van der Waals surface area contributed by atoms with Crippen molar-refractivity contribution in [2.24, 2.45) is 5.41 Å². The van der Waals surface area contributed by atoms with Gasteiger partial charge in [0.2, 0.25) is 0 Å². The third kappa shape index (κ3) is 2.55. The van der Waals surface area contributed by atoms with Gasteiger partial charge < -0.3 is 19.9 Å². The number of methoxy groups -OCH3 is 1. The molecule has 4 heteroatoms. The maximum absolute atomic E-state index is 9.49. The van der Waals surface area contributed by atoms with E-state index < -0.39 is 0 Å². The predicted molar refractivity (Wildman–Crippen MR) is 77.0 cm³/mol. The number of aliphatic hydroxyl groups is 1. The van der Waals surface area contributed by atoms with Crippen molar-refractivity contribution in [2.45, 2.75) is 25.3 Å². The third-order valence-corrected chi connectivity index (χ3v) is 4.54. The topological polar surface area (TPSA) is 50.7 Å². The Morgan fingerprint density at radius 2 is 2.30 bits per heavy atom. The van der Waals surface area contributed by atoms with Crippen LogP contribution in [0.4, 0.5) is 0 Å². The van der Waals surface area contributed by atoms with Crippen LogP contribution in [0, 0.1) is 5.41 Å². The van der Waals surface area contributed by atoms with Gasteiger partial charge in [-0.25, -0.2) is 0 Å². The molecule has 1 aliphatic heterocycles. The smallest absolute Gasteiger partial charge is 0.119 e. The number of hydrogen-bond acceptors (Lipinski definition) is 4. The van der Waals surface area contributed by atoms with Crippen molar-refractivity contribution < 1.29 is 14.6 Å². The zero-order valence-corrected chi connectivity index (χ0v) is 12.0. The van der Waals surface area contributed by atoms with E-state index in [4.69, 9.17) is 9.47 Å². The average Bonchev–Trinajstić information content (AvgIpc) is 2.46. The largest absolute Gasteiger partial charge is 0.497 e. The van der Waals surface area contributed by atoms with E-state index >= 15 is 0 Å². The van der Waals surface area contributed by atoms with Gasteiger partial charge in [-0.2, -0.15) is 0 Å². The van der Waals surface area contributed by atoms with Crippen molar-refractivity contribution in [3.8, 4) is 5.75 Å². The van der Waals surface area contributed by atoms with Crippen LogP contribution in [0.5, 0.6) is 5.75 Å². The fourth-order valence-electron chi connectivity index (χ4n) is 3.11. The molecular weight excluding hydrogens is 254 g/mol. The molecule has 3 rings (SSSR count). The zero-order chi connectivity index (χ0) is 14.0. The van der Waals surface area contributed by atoms with E-state index in [1.807, 2.05) is 6.07 Å². The van der Waals surface area contributed by atoms with Crippen molar-refractivity contribution in [3.63, 3.8) is 0 Å². The van der Waals surface area contributed by atoms with E-state index in [2.05, 4.69) is 17.4 Å². The summed E-state index contributed by atoms with van der Waals surface area (Å²) in [5, 5.41) is 13.1. The number of aryl methyl sites for hydroxylation is 1. The van der Waals surface area contributed by atoms with E-state index in [-0.39, 0.29) is 12.0 Å². The minimum absolute atomic E-state index is 0.0654. The monoisotopic (exact) mass is 277 g/mol. The molecule has 1 aromatic carbocycles. The van der Waals surface area contributed by atoms with Crippen LogP contribution in [0.25, 0.3) is 0 Å². The van der Waals surface area contributed by atoms with Gasteiger partial charge in [-0.15, -0.1) is 0 Å². The standard InChI is InChI=1S/C16H23NO3/c1-19-13-5-6-14-12(7-13)3-2-4-15(14)17-8-16(9-18)10-20-11-16/h5-7,15,17-18H,2-4,8-11H2,1H3. The lowest BCUT2D eigenvalue weighted by molar-refractivity contribution is -0.135. The summed E-state index contributed by atoms with van der Waals surface area (Å²) in [5.41, 5.74) is 2.70. The predicted octanol–water partition coefficient (Wildman–Crippen LogP) is 1.67. The molecule has 1 atom stereocenters. The summed E-state index contributed by atoms with van der Waals surface area (Å²) in [6, 6.07) is 6.74. The number of rotatable bonds is 5. The molecule has 0 bridgehead atoms. The Morgan fingerprint density at radius 3 is 2.95 bits per heavy atom. The number of ether oxygens (including phenoxy) is 2. The van der Waals surface area contributed by atoms with E-state index in [1.54, 1.807) is 7.11 Å². The fraction of sp³-hybridized carbons (Fsp3) is 0.625. The zero-order valence-electron chi connectivity index (χ0n) is 12.0. The van der Waals surface area contributed by atoms with E-state index in [9.17, 15) is 5.11 Å². The number of nitrogens with one attached hydrogen (secondary N) is 1. The number of hydrogen-bond donors (Lipinski definition) is 2. The second-order valence-corrected chi connectivity index (χ2v) is 6.04. The Kier molecular flexibility index (Phi) is 3.96. The summed E-state index contributed by atoms with van der Waals surface area (Å²) in [5.74, 6) is 0.934. The van der Waals surface area contributed by atoms with Gasteiger partial charge in [0, 0.05) is 12.6 Å². The Bertz CT molecular complexity index is 465. The summed E-state index contributed by atoms with van der Waals surface area (Å²) >= 11 is 0. The first-order chi connectivity index (χ1) is 9.76. The Hall–Kier alpha value is -1.10. The van der Waals surface area contributed by atoms with Crippen LogP contribution >= 0.6 is 0 Å². The highest BCUT2D eigenvalue weighted by Gasteiger charge is 2.38. The molecule has 1 saturated heterocycles. The van der Waals surface area contributed by atoms with Crippen molar-refractivity contribution in [1.82, 2.24) is 5.32 Å². The summed E-state index contributed by atoms with van der Waals surface area (Å²) in [7, 11) is 1.71. The van der Waals surface area contributed by atoms with Gasteiger partial charge in [0.25, 0.3) is 0 Å². The number of fused-ring (bicyclic) bond motifs is 1. The molecule has 2 N–H and O–H groups in total. The molecule has 110 valence electrons. The Balaban J connectivity index is 1.70. The summed E-state index contributed by atoms with van der Waals surface area (Å²) in [6.07, 6.45) is 3.47. The van der Waals surface area contributed by atoms with Crippen LogP contribution in [-0.4, -0.2) is 38.6 Å². The molecule has 4 nitrogen and oxygen atoms in total. The normalized spacial score (nSPS) is 23.8. The van der Waals surface area contributed by atoms with Crippen molar-refractivity contribution in [3.05, 3.63) is 29.3 Å². The molecule has 0 aromatic heterocycles. The van der Waals surface area contributed by atoms with Crippen LogP contribution in [0.2, 0.25) is 0 Å². The molecule has 0 radical (unpaired) electrons. The highest BCUT2D eigenvalue weighted by molar-refractivity contribution is 5.39. The van der Waals surface area contributed by atoms with E-state index in [0.717, 1.165) is 25.1 Å². The summed E-state index contributed by atoms with van der Waals surface area (Å²) in [4.78, 5) is 0. The van der Waals surface area contributed by atoms with Crippen LogP contribution in [-0.2, 0) is 11.2 Å². The van der Waals surface area contributed by atoms with Crippen LogP contribution in [0.1, 0.15) is 30.0 Å². The summed E-state index contributed by atoms with van der Waals surface area (Å²) in [6.45, 7) is 2.35. The molecule has 1 unspecified atom stereocenters. The molecule has 0 amide bonds. The van der Waals surface area contributed by atoms with Crippen molar-refractivity contribution in [2.75, 3.05) is 33.5 Å². The number of benzene rings is 1. The quantitative estimate of drug-likeness (QED) is 0.859. The first kappa shape index (κ1) is 13.9. The van der Waals surface area contributed by atoms with Crippen LogP contribution in [0.15, 0.2) is 18.2 Å². The molecule has 0 spiro atoms. The van der Waals surface area contributed by atoms with E-state index in [1.165, 1.54) is 17.5 Å². The van der Waals surface area contributed by atoms with Gasteiger partial charge in [0.1, 0.15) is 5.75 Å². The summed E-state index contributed by atoms with van der Waals surface area (Å²) < 4.78 is 10.6. The van der Waals surface area contributed by atoms with E-state index in [0.29, 0.717) is 19.3 Å². The van der Waals surface area contributed by atoms with Crippen molar-refractivity contribution >= 4 is 0 Å². The third-order valence-electron chi connectivity index (χ3n) is 4.54. The average molecular weight is 277 g/mol. The highest BCUT2D eigenvalue weighted by Crippen LogP contribution is 2.33. The van der Waals surface area contributed by atoms with Gasteiger partial charge in [-0.1, -0.05) is 6.07 Å². The molecule has 20 heavy (non-hydrogen) atoms. The lowest BCUT2D eigenvalue weighted by Gasteiger charge is -2.41. The van der Waals surface area contributed by atoms with Gasteiger partial charge >= 0.3 is 0 Å². The minimum Gasteiger partial charge on any atom is -0.497 e. The van der Waals surface area contributed by atoms with Gasteiger partial charge in [-0.3, -0.25) is 0 Å². The molecule has 0 saturated carbocycles. The fourth-order valence-corrected chi connectivity index (χ4v) is 3.11. The molecule has 1 aromatic rings. The lowest BCUT2D eigenvalue weighted by atomic mass is 9.84. The van der Waals surface area contributed by atoms with Crippen LogP contribution in [0.3, 0.4) is 0 Å². The molecule has 2 aliphatic rings. The second kappa shape index (κ2) is 5.72. The highest BCUT2D eigenvalue weighted by atomic mass is 16.5. The first-order valence-electron chi connectivity index (χ1n) is 7.35. The number of aliphatic hydroxyl groups excluding tert-OH is 1. The van der Waals surface area contributed by atoms with Gasteiger partial charge in [0.05, 0.1) is 32.3 Å². The molecule has 1 heterocycles. The SMILES string of the molecule is COc1ccc2c(c1)CCCC2NCC1(CO)COC1. The van der Waals surface area contributed by atoms with Crippen LogP contribution < -0.4 is 10.1 Å². The second-order valence-electron chi connectivity index (χ2n) is 6.04. The molecule has 1 aliphatic carbocycles. The van der Waals surface area contributed by atoms with Gasteiger partial charge in [0.15, 0.2) is 0 Å². The van der Waals surface area contributed by atoms with Gasteiger partial charge in [-0.05, 0) is 42.5 Å². The minimum atomic E-state index is -0.0654. The Labute approximate surface area is 120 Å².